The first-order chi connectivity index (χ1) is 8.33. The van der Waals surface area contributed by atoms with Gasteiger partial charge >= 0.3 is 0 Å². The lowest BCUT2D eigenvalue weighted by molar-refractivity contribution is 0.185. The second-order valence-corrected chi connectivity index (χ2v) is 5.48. The van der Waals surface area contributed by atoms with Gasteiger partial charge < -0.3 is 14.5 Å². The molecule has 1 saturated heterocycles. The van der Waals surface area contributed by atoms with Crippen LogP contribution in [0.15, 0.2) is 16.5 Å². The summed E-state index contributed by atoms with van der Waals surface area (Å²) in [7, 11) is 0. The standard InChI is InChI=1S/C14H21NO2/c1-10-6-13(10)14-3-2-12(17-14)8-15-7-11-4-5-16-9-11/h2-3,10-11,13,15H,4-9H2,1H3. The molecule has 1 aromatic heterocycles. The first kappa shape index (κ1) is 11.3. The van der Waals surface area contributed by atoms with Crippen LogP contribution in [0.4, 0.5) is 0 Å². The third-order valence-electron chi connectivity index (χ3n) is 3.91. The molecule has 0 amide bonds. The quantitative estimate of drug-likeness (QED) is 0.851. The molecule has 1 aliphatic carbocycles. The van der Waals surface area contributed by atoms with Crippen molar-refractivity contribution in [3.8, 4) is 0 Å². The van der Waals surface area contributed by atoms with Crippen molar-refractivity contribution in [2.75, 3.05) is 19.8 Å². The van der Waals surface area contributed by atoms with Crippen molar-refractivity contribution in [1.29, 1.82) is 0 Å². The van der Waals surface area contributed by atoms with Crippen molar-refractivity contribution < 1.29 is 9.15 Å². The van der Waals surface area contributed by atoms with Crippen LogP contribution in [-0.2, 0) is 11.3 Å². The van der Waals surface area contributed by atoms with Gasteiger partial charge in [-0.15, -0.1) is 0 Å². The van der Waals surface area contributed by atoms with E-state index < -0.39 is 0 Å². The summed E-state index contributed by atoms with van der Waals surface area (Å²) in [6, 6.07) is 4.25. The minimum Gasteiger partial charge on any atom is -0.464 e. The highest BCUT2D eigenvalue weighted by molar-refractivity contribution is 5.17. The van der Waals surface area contributed by atoms with Crippen molar-refractivity contribution >= 4 is 0 Å². The first-order valence-corrected chi connectivity index (χ1v) is 6.70. The fourth-order valence-corrected chi connectivity index (χ4v) is 2.55. The van der Waals surface area contributed by atoms with E-state index in [2.05, 4.69) is 24.4 Å². The Morgan fingerprint density at radius 1 is 1.41 bits per heavy atom. The summed E-state index contributed by atoms with van der Waals surface area (Å²) in [6.45, 7) is 6.01. The van der Waals surface area contributed by atoms with E-state index in [1.807, 2.05) is 0 Å². The average molecular weight is 235 g/mol. The van der Waals surface area contributed by atoms with Crippen molar-refractivity contribution in [2.24, 2.45) is 11.8 Å². The van der Waals surface area contributed by atoms with Gasteiger partial charge in [0.25, 0.3) is 0 Å². The van der Waals surface area contributed by atoms with E-state index in [4.69, 9.17) is 9.15 Å². The molecular weight excluding hydrogens is 214 g/mol. The summed E-state index contributed by atoms with van der Waals surface area (Å²) in [6.07, 6.45) is 2.48. The first-order valence-electron chi connectivity index (χ1n) is 6.70. The van der Waals surface area contributed by atoms with Gasteiger partial charge in [0, 0.05) is 19.1 Å². The minimum atomic E-state index is 0.687. The van der Waals surface area contributed by atoms with Crippen LogP contribution in [0.1, 0.15) is 37.2 Å². The summed E-state index contributed by atoms with van der Waals surface area (Å²) < 4.78 is 11.2. The molecule has 0 aromatic carbocycles. The Morgan fingerprint density at radius 2 is 2.29 bits per heavy atom. The lowest BCUT2D eigenvalue weighted by atomic mass is 10.1. The van der Waals surface area contributed by atoms with Gasteiger partial charge in [-0.2, -0.15) is 0 Å². The van der Waals surface area contributed by atoms with Gasteiger partial charge in [0.05, 0.1) is 13.2 Å². The van der Waals surface area contributed by atoms with Crippen LogP contribution in [0.3, 0.4) is 0 Å². The highest BCUT2D eigenvalue weighted by Crippen LogP contribution is 2.47. The SMILES string of the molecule is CC1CC1c1ccc(CNCC2CCOC2)o1. The summed E-state index contributed by atoms with van der Waals surface area (Å²) in [5, 5.41) is 3.45. The van der Waals surface area contributed by atoms with E-state index in [-0.39, 0.29) is 0 Å². The third-order valence-corrected chi connectivity index (χ3v) is 3.91. The molecule has 3 atom stereocenters. The molecule has 94 valence electrons. The van der Waals surface area contributed by atoms with E-state index >= 15 is 0 Å². The zero-order valence-electron chi connectivity index (χ0n) is 10.4. The fourth-order valence-electron chi connectivity index (χ4n) is 2.55. The molecule has 3 nitrogen and oxygen atoms in total. The van der Waals surface area contributed by atoms with Crippen molar-refractivity contribution in [3.63, 3.8) is 0 Å². The molecule has 2 heterocycles. The summed E-state index contributed by atoms with van der Waals surface area (Å²) in [5.41, 5.74) is 0. The highest BCUT2D eigenvalue weighted by Gasteiger charge is 2.36. The highest BCUT2D eigenvalue weighted by atomic mass is 16.5. The summed E-state index contributed by atoms with van der Waals surface area (Å²) in [5.74, 6) is 4.44. The summed E-state index contributed by atoms with van der Waals surface area (Å²) >= 11 is 0. The lowest BCUT2D eigenvalue weighted by Crippen LogP contribution is -2.22. The Morgan fingerprint density at radius 3 is 3.00 bits per heavy atom. The van der Waals surface area contributed by atoms with Crippen LogP contribution >= 0.6 is 0 Å². The lowest BCUT2D eigenvalue weighted by Gasteiger charge is -2.07. The van der Waals surface area contributed by atoms with Crippen molar-refractivity contribution in [3.05, 3.63) is 23.7 Å². The predicted molar refractivity (Wildman–Crippen MR) is 65.9 cm³/mol. The van der Waals surface area contributed by atoms with E-state index in [9.17, 15) is 0 Å². The molecular formula is C14H21NO2. The second kappa shape index (κ2) is 4.83. The van der Waals surface area contributed by atoms with Gasteiger partial charge in [-0.1, -0.05) is 6.92 Å². The fraction of sp³-hybridized carbons (Fsp3) is 0.714. The van der Waals surface area contributed by atoms with Crippen LogP contribution in [0.2, 0.25) is 0 Å². The number of ether oxygens (including phenoxy) is 1. The molecule has 0 spiro atoms. The van der Waals surface area contributed by atoms with Crippen LogP contribution in [-0.4, -0.2) is 19.8 Å². The number of rotatable bonds is 5. The Kier molecular flexibility index (Phi) is 3.21. The Labute approximate surface area is 103 Å². The Bertz CT molecular complexity index is 368. The molecule has 2 aliphatic rings. The van der Waals surface area contributed by atoms with Crippen molar-refractivity contribution in [1.82, 2.24) is 5.32 Å². The van der Waals surface area contributed by atoms with E-state index in [0.29, 0.717) is 11.8 Å². The van der Waals surface area contributed by atoms with Crippen LogP contribution in [0, 0.1) is 11.8 Å². The number of furan rings is 1. The normalized spacial score (nSPS) is 31.9. The predicted octanol–water partition coefficient (Wildman–Crippen LogP) is 2.53. The van der Waals surface area contributed by atoms with Gasteiger partial charge in [-0.3, -0.25) is 0 Å². The Hall–Kier alpha value is -0.800. The molecule has 3 rings (SSSR count). The average Bonchev–Trinajstić information content (AvgIpc) is 2.76. The smallest absolute Gasteiger partial charge is 0.117 e. The molecule has 3 heteroatoms. The molecule has 17 heavy (non-hydrogen) atoms. The number of hydrogen-bond donors (Lipinski definition) is 1. The van der Waals surface area contributed by atoms with Gasteiger partial charge in [0.1, 0.15) is 11.5 Å². The maximum Gasteiger partial charge on any atom is 0.117 e. The third kappa shape index (κ3) is 2.72. The molecule has 1 N–H and O–H groups in total. The molecule has 1 saturated carbocycles. The van der Waals surface area contributed by atoms with Crippen LogP contribution < -0.4 is 5.32 Å². The maximum absolute atomic E-state index is 5.85. The molecule has 2 fully saturated rings. The van der Waals surface area contributed by atoms with E-state index in [0.717, 1.165) is 38.0 Å². The van der Waals surface area contributed by atoms with Gasteiger partial charge in [-0.05, 0) is 36.8 Å². The van der Waals surface area contributed by atoms with Crippen LogP contribution in [0.25, 0.3) is 0 Å². The molecule has 0 radical (unpaired) electrons. The number of nitrogens with one attached hydrogen (secondary N) is 1. The topological polar surface area (TPSA) is 34.4 Å². The number of hydrogen-bond acceptors (Lipinski definition) is 3. The monoisotopic (exact) mass is 235 g/mol. The second-order valence-electron chi connectivity index (χ2n) is 5.48. The zero-order valence-corrected chi connectivity index (χ0v) is 10.4. The molecule has 0 bridgehead atoms. The molecule has 1 aromatic rings. The molecule has 3 unspecified atom stereocenters. The van der Waals surface area contributed by atoms with Crippen molar-refractivity contribution in [2.45, 2.75) is 32.2 Å². The van der Waals surface area contributed by atoms with Gasteiger partial charge in [0.15, 0.2) is 0 Å². The van der Waals surface area contributed by atoms with Crippen LogP contribution in [0.5, 0.6) is 0 Å². The summed E-state index contributed by atoms with van der Waals surface area (Å²) in [4.78, 5) is 0. The van der Waals surface area contributed by atoms with Gasteiger partial charge in [-0.25, -0.2) is 0 Å². The maximum atomic E-state index is 5.85. The van der Waals surface area contributed by atoms with Gasteiger partial charge in [0.2, 0.25) is 0 Å². The van der Waals surface area contributed by atoms with E-state index in [1.165, 1.54) is 18.6 Å². The van der Waals surface area contributed by atoms with E-state index in [1.54, 1.807) is 0 Å². The minimum absolute atomic E-state index is 0.687. The zero-order chi connectivity index (χ0) is 11.7. The molecule has 1 aliphatic heterocycles. The Balaban J connectivity index is 1.43. The largest absolute Gasteiger partial charge is 0.464 e.